The summed E-state index contributed by atoms with van der Waals surface area (Å²) < 4.78 is 0. The monoisotopic (exact) mass is 181 g/mol. The molecule has 0 atom stereocenters. The van der Waals surface area contributed by atoms with E-state index in [1.165, 1.54) is 0 Å². The van der Waals surface area contributed by atoms with Crippen LogP contribution in [0.3, 0.4) is 0 Å². The van der Waals surface area contributed by atoms with Gasteiger partial charge in [-0.3, -0.25) is 0 Å². The van der Waals surface area contributed by atoms with Crippen molar-refractivity contribution >= 4 is 17.4 Å². The molecule has 0 aliphatic rings. The van der Waals surface area contributed by atoms with E-state index in [-0.39, 0.29) is 96.7 Å². The van der Waals surface area contributed by atoms with Crippen molar-refractivity contribution in [2.24, 2.45) is 0 Å². The Balaban J connectivity index is 0. The molecule has 0 bridgehead atoms. The smallest absolute Gasteiger partial charge is 1.00 e. The van der Waals surface area contributed by atoms with Crippen LogP contribution in [0.15, 0.2) is 0 Å². The Kier molecular flexibility index (Phi) is 564. The van der Waals surface area contributed by atoms with E-state index in [9.17, 15) is 0 Å². The summed E-state index contributed by atoms with van der Waals surface area (Å²) in [6.45, 7) is 0. The molecule has 0 aromatic rings. The second-order valence-electron chi connectivity index (χ2n) is 0. The summed E-state index contributed by atoms with van der Waals surface area (Å²) in [6, 6.07) is 0. The Morgan fingerprint density at radius 1 is 1.00 bits per heavy atom. The first kappa shape index (κ1) is 71.1. The molecule has 37 valence electrons. The van der Waals surface area contributed by atoms with Gasteiger partial charge in [-0.2, -0.15) is 0 Å². The number of hydrogen-bond donors (Lipinski definition) is 0. The van der Waals surface area contributed by atoms with Crippen LogP contribution in [0, 0.1) is 0 Å². The average molecular weight is 182 g/mol. The molecule has 0 aromatic carbocycles. The first-order valence-corrected chi connectivity index (χ1v) is 0. The van der Waals surface area contributed by atoms with E-state index in [1.807, 2.05) is 0 Å². The molecule has 0 aromatic heterocycles. The summed E-state index contributed by atoms with van der Waals surface area (Å²) in [7, 11) is 0. The van der Waals surface area contributed by atoms with Crippen molar-refractivity contribution in [3.63, 3.8) is 0 Å². The molecule has 0 heterocycles. The normalized spacial score (nSPS) is 0. The summed E-state index contributed by atoms with van der Waals surface area (Å²) >= 11 is 0. The van der Waals surface area contributed by atoms with Crippen molar-refractivity contribution in [1.29, 1.82) is 0 Å². The maximum Gasteiger partial charge on any atom is 1.00 e. The molecule has 6 heavy (non-hydrogen) atoms. The van der Waals surface area contributed by atoms with Gasteiger partial charge in [-0.05, 0) is 0 Å². The maximum absolute atomic E-state index is 0. The minimum atomic E-state index is 0. The predicted octanol–water partition coefficient (Wildman–Crippen LogP) is -7.78. The Morgan fingerprint density at radius 2 is 1.00 bits per heavy atom. The topological polar surface area (TPSA) is 31.5 Å². The third kappa shape index (κ3) is 30.0. The van der Waals surface area contributed by atoms with Gasteiger partial charge in [0.1, 0.15) is 0 Å². The first-order chi connectivity index (χ1) is 0. The van der Waals surface area contributed by atoms with E-state index < -0.39 is 0 Å². The van der Waals surface area contributed by atoms with Gasteiger partial charge in [0.15, 0.2) is 17.4 Å². The van der Waals surface area contributed by atoms with Crippen LogP contribution in [0.1, 0.15) is 2.85 Å². The summed E-state index contributed by atoms with van der Waals surface area (Å²) in [4.78, 5) is 0. The molecule has 0 fully saturated rings. The Bertz CT molecular complexity index is 20.0. The molecule has 0 saturated carbocycles. The van der Waals surface area contributed by atoms with Gasteiger partial charge in [0, 0.05) is 33.3 Å². The fourth-order valence-corrected chi connectivity index (χ4v) is 0. The van der Waals surface area contributed by atoms with Gasteiger partial charge in [0.2, 0.25) is 0 Å². The molecule has 0 rings (SSSR count). The molecule has 0 aliphatic carbocycles. The molecule has 0 amide bonds. The van der Waals surface area contributed by atoms with Gasteiger partial charge >= 0.3 is 37.7 Å². The Hall–Kier alpha value is 2.69. The average Bonchev–Trinajstić information content (AvgIpc) is 0. The molecule has 0 aliphatic heterocycles. The zero-order valence-corrected chi connectivity index (χ0v) is 5.18. The van der Waals surface area contributed by atoms with Crippen LogP contribution in [0.5, 0.6) is 0 Å². The summed E-state index contributed by atoms with van der Waals surface area (Å²) in [5.41, 5.74) is 0. The number of hydrogen-bond acceptors (Lipinski definition) is 0. The largest absolute Gasteiger partial charge is 1.00 e. The molecule has 0 saturated heterocycles. The fraction of sp³-hybridized carbons (Fsp3) is 0. The first-order valence-electron chi connectivity index (χ1n) is 0. The molecule has 1 radical (unpaired) electrons. The molecule has 0 unspecified atom stereocenters. The summed E-state index contributed by atoms with van der Waals surface area (Å²) in [5, 5.41) is 0. The quantitative estimate of drug-likeness (QED) is 0.333. The third-order valence-corrected chi connectivity index (χ3v) is 0. The second kappa shape index (κ2) is 47.6. The maximum atomic E-state index is 0. The van der Waals surface area contributed by atoms with Gasteiger partial charge < -0.3 is 8.33 Å². The van der Waals surface area contributed by atoms with Crippen molar-refractivity contribution in [3.8, 4) is 0 Å². The van der Waals surface area contributed by atoms with Crippen molar-refractivity contribution in [2.75, 3.05) is 0 Å². The van der Waals surface area contributed by atoms with Gasteiger partial charge in [-0.15, -0.1) is 0 Å². The van der Waals surface area contributed by atoms with Crippen LogP contribution >= 0.6 is 0 Å². The Labute approximate surface area is 95.7 Å². The van der Waals surface area contributed by atoms with E-state index in [2.05, 4.69) is 0 Å². The van der Waals surface area contributed by atoms with Crippen LogP contribution in [0.25, 0.3) is 0 Å². The van der Waals surface area contributed by atoms with Gasteiger partial charge in [0.05, 0.1) is 0 Å². The third-order valence-electron chi connectivity index (χ3n) is 0. The molecule has 6 heteroatoms. The van der Waals surface area contributed by atoms with E-state index in [4.69, 9.17) is 0 Å². The van der Waals surface area contributed by atoms with Crippen LogP contribution in [-0.4, -0.2) is 22.8 Å². The van der Waals surface area contributed by atoms with Crippen LogP contribution in [0.2, 0.25) is 0 Å². The van der Waals surface area contributed by atoms with Gasteiger partial charge in [-0.1, -0.05) is 0 Å². The van der Waals surface area contributed by atoms with Crippen molar-refractivity contribution in [1.82, 2.24) is 0 Å². The minimum absolute atomic E-state index is 0. The zero-order chi connectivity index (χ0) is 0. The van der Waals surface area contributed by atoms with Crippen molar-refractivity contribution in [3.05, 3.63) is 0 Å². The second-order valence-corrected chi connectivity index (χ2v) is 0. The molecular weight excluding hydrogens is 174 g/mol. The van der Waals surface area contributed by atoms with E-state index in [0.717, 1.165) is 0 Å². The van der Waals surface area contributed by atoms with E-state index >= 15 is 0 Å². The van der Waals surface area contributed by atoms with Gasteiger partial charge in [0.25, 0.3) is 0 Å². The van der Waals surface area contributed by atoms with Crippen LogP contribution < -0.4 is 37.7 Å². The standard InChI is InChI=1S/Al.Co.2Li.Ni.H2O.5H/h;;;;;1H2;;;;;/q;;2*+1;;;;;;2*-1. The summed E-state index contributed by atoms with van der Waals surface area (Å²) in [5.74, 6) is 0. The Morgan fingerprint density at radius 3 is 1.00 bits per heavy atom. The van der Waals surface area contributed by atoms with Crippen LogP contribution in [-0.2, 0) is 33.3 Å². The number of rotatable bonds is 0. The van der Waals surface area contributed by atoms with Crippen molar-refractivity contribution < 1.29 is 79.3 Å². The molecule has 1 nitrogen and oxygen atoms in total. The SMILES string of the molecule is O.[AlH3].[Co].[H-].[H-].[Li+].[Li+].[Ni]. The van der Waals surface area contributed by atoms with Crippen molar-refractivity contribution in [2.45, 2.75) is 0 Å². The van der Waals surface area contributed by atoms with E-state index in [1.54, 1.807) is 0 Å². The van der Waals surface area contributed by atoms with E-state index in [0.29, 0.717) is 0 Å². The predicted molar refractivity (Wildman–Crippen MR) is 15.8 cm³/mol. The molecular formula is H7AlCoLi2NiO. The van der Waals surface area contributed by atoms with Gasteiger partial charge in [-0.25, -0.2) is 0 Å². The summed E-state index contributed by atoms with van der Waals surface area (Å²) in [6.07, 6.45) is 0. The zero-order valence-electron chi connectivity index (χ0n) is 5.15. The fourth-order valence-electron chi connectivity index (χ4n) is 0. The minimum Gasteiger partial charge on any atom is -1.00 e. The molecule has 2 N–H and O–H groups in total. The molecule has 0 spiro atoms. The van der Waals surface area contributed by atoms with Crippen LogP contribution in [0.4, 0.5) is 0 Å².